The third-order valence-corrected chi connectivity index (χ3v) is 5.48. The number of fused-ring (bicyclic) bond motifs is 1. The van der Waals surface area contributed by atoms with Crippen molar-refractivity contribution in [2.45, 2.75) is 13.1 Å². The highest BCUT2D eigenvalue weighted by Crippen LogP contribution is 2.19. The van der Waals surface area contributed by atoms with E-state index in [1.54, 1.807) is 22.2 Å². The number of thiophene rings is 2. The molecule has 0 amide bonds. The second kappa shape index (κ2) is 6.17. The first-order chi connectivity index (χ1) is 9.74. The maximum absolute atomic E-state index is 12.2. The molecule has 3 heterocycles. The summed E-state index contributed by atoms with van der Waals surface area (Å²) in [7, 11) is 0. The quantitative estimate of drug-likeness (QED) is 0.703. The highest BCUT2D eigenvalue weighted by Gasteiger charge is 2.04. The zero-order valence-electron chi connectivity index (χ0n) is 10.5. The summed E-state index contributed by atoms with van der Waals surface area (Å²) in [6.45, 7) is 2.19. The Balaban J connectivity index is 1.59. The molecule has 0 aliphatic heterocycles. The number of hydrogen-bond acceptors (Lipinski definition) is 5. The van der Waals surface area contributed by atoms with Crippen LogP contribution in [0.25, 0.3) is 10.2 Å². The van der Waals surface area contributed by atoms with Gasteiger partial charge in [-0.25, -0.2) is 4.98 Å². The molecule has 0 atom stereocenters. The summed E-state index contributed by atoms with van der Waals surface area (Å²) in [4.78, 5) is 17.7. The summed E-state index contributed by atoms with van der Waals surface area (Å²) in [5.74, 6) is 0. The minimum Gasteiger partial charge on any atom is -0.310 e. The molecule has 0 spiro atoms. The topological polar surface area (TPSA) is 46.9 Å². The maximum atomic E-state index is 12.2. The number of rotatable bonds is 5. The van der Waals surface area contributed by atoms with Crippen molar-refractivity contribution in [2.75, 3.05) is 6.54 Å². The predicted octanol–water partition coefficient (Wildman–Crippen LogP) is 3.07. The minimum absolute atomic E-state index is 0.0469. The lowest BCUT2D eigenvalue weighted by atomic mass is 10.4. The molecule has 0 saturated heterocycles. The van der Waals surface area contributed by atoms with Crippen LogP contribution in [0.2, 0.25) is 0 Å². The summed E-state index contributed by atoms with van der Waals surface area (Å²) in [6, 6.07) is 3.97. The van der Waals surface area contributed by atoms with E-state index in [1.807, 2.05) is 11.4 Å². The van der Waals surface area contributed by atoms with Crippen LogP contribution >= 0.6 is 38.6 Å². The van der Waals surface area contributed by atoms with E-state index in [1.165, 1.54) is 16.2 Å². The Bertz CT molecular complexity index is 777. The lowest BCUT2D eigenvalue weighted by molar-refractivity contribution is 0.585. The molecule has 104 valence electrons. The molecule has 7 heteroatoms. The average molecular weight is 370 g/mol. The Labute approximate surface area is 132 Å². The third-order valence-electron chi connectivity index (χ3n) is 2.89. The van der Waals surface area contributed by atoms with Gasteiger partial charge in [-0.15, -0.1) is 22.7 Å². The highest BCUT2D eigenvalue weighted by atomic mass is 79.9. The summed E-state index contributed by atoms with van der Waals surface area (Å²) < 4.78 is 3.51. The minimum atomic E-state index is 0.0469. The van der Waals surface area contributed by atoms with E-state index in [4.69, 9.17) is 0 Å². The largest absolute Gasteiger partial charge is 0.310 e. The summed E-state index contributed by atoms with van der Waals surface area (Å²) in [5.41, 5.74) is 0.832. The van der Waals surface area contributed by atoms with Gasteiger partial charge in [0.2, 0.25) is 0 Å². The van der Waals surface area contributed by atoms with Crippen LogP contribution < -0.4 is 10.9 Å². The van der Waals surface area contributed by atoms with Gasteiger partial charge in [-0.1, -0.05) is 0 Å². The Morgan fingerprint density at radius 3 is 3.10 bits per heavy atom. The van der Waals surface area contributed by atoms with Crippen molar-refractivity contribution in [1.29, 1.82) is 0 Å². The molecule has 20 heavy (non-hydrogen) atoms. The Morgan fingerprint density at radius 1 is 1.40 bits per heavy atom. The lowest BCUT2D eigenvalue weighted by Gasteiger charge is -2.06. The second-order valence-electron chi connectivity index (χ2n) is 4.29. The monoisotopic (exact) mass is 369 g/mol. The molecule has 0 aliphatic rings. The molecule has 0 saturated carbocycles. The molecule has 1 N–H and O–H groups in total. The van der Waals surface area contributed by atoms with E-state index in [-0.39, 0.29) is 5.56 Å². The van der Waals surface area contributed by atoms with Gasteiger partial charge in [0.15, 0.2) is 0 Å². The van der Waals surface area contributed by atoms with Crippen LogP contribution in [0.15, 0.2) is 38.5 Å². The van der Waals surface area contributed by atoms with E-state index in [0.717, 1.165) is 27.8 Å². The van der Waals surface area contributed by atoms with Crippen LogP contribution in [0, 0.1) is 0 Å². The van der Waals surface area contributed by atoms with Gasteiger partial charge in [0.25, 0.3) is 5.56 Å². The SMILES string of the molecule is O=c1c2sccc2ncn1CCNCc1cc(Br)cs1. The van der Waals surface area contributed by atoms with Gasteiger partial charge in [0.1, 0.15) is 4.70 Å². The van der Waals surface area contributed by atoms with Gasteiger partial charge in [0, 0.05) is 34.4 Å². The average Bonchev–Trinajstić information content (AvgIpc) is 3.06. The molecule has 0 fully saturated rings. The van der Waals surface area contributed by atoms with E-state index >= 15 is 0 Å². The fourth-order valence-corrected chi connectivity index (χ4v) is 4.11. The molecule has 3 aromatic heterocycles. The van der Waals surface area contributed by atoms with Crippen molar-refractivity contribution in [2.24, 2.45) is 0 Å². The normalized spacial score (nSPS) is 11.2. The second-order valence-corrected chi connectivity index (χ2v) is 7.11. The molecule has 0 radical (unpaired) electrons. The predicted molar refractivity (Wildman–Crippen MR) is 87.6 cm³/mol. The van der Waals surface area contributed by atoms with Gasteiger partial charge < -0.3 is 5.32 Å². The summed E-state index contributed by atoms with van der Waals surface area (Å²) in [5, 5.41) is 7.30. The first-order valence-corrected chi connectivity index (χ1v) is 8.65. The fraction of sp³-hybridized carbons (Fsp3) is 0.231. The van der Waals surface area contributed by atoms with Crippen LogP contribution in [-0.2, 0) is 13.1 Å². The Hall–Kier alpha value is -1.02. The molecular formula is C13H12BrN3OS2. The Kier molecular flexibility index (Phi) is 4.30. The molecule has 3 aromatic rings. The van der Waals surface area contributed by atoms with Gasteiger partial charge in [-0.3, -0.25) is 9.36 Å². The van der Waals surface area contributed by atoms with Crippen LogP contribution in [0.1, 0.15) is 4.88 Å². The van der Waals surface area contributed by atoms with Crippen LogP contribution in [0.3, 0.4) is 0 Å². The van der Waals surface area contributed by atoms with E-state index in [0.29, 0.717) is 6.54 Å². The first-order valence-electron chi connectivity index (χ1n) is 6.10. The zero-order chi connectivity index (χ0) is 13.9. The number of nitrogens with one attached hydrogen (secondary N) is 1. The maximum Gasteiger partial charge on any atom is 0.271 e. The van der Waals surface area contributed by atoms with E-state index in [2.05, 4.69) is 37.7 Å². The summed E-state index contributed by atoms with van der Waals surface area (Å²) in [6.07, 6.45) is 1.63. The molecule has 0 aromatic carbocycles. The molecule has 0 unspecified atom stereocenters. The van der Waals surface area contributed by atoms with Crippen LogP contribution in [0.5, 0.6) is 0 Å². The number of halogens is 1. The van der Waals surface area contributed by atoms with E-state index < -0.39 is 0 Å². The van der Waals surface area contributed by atoms with E-state index in [9.17, 15) is 4.79 Å². The van der Waals surface area contributed by atoms with Crippen molar-refractivity contribution >= 4 is 48.8 Å². The van der Waals surface area contributed by atoms with Crippen LogP contribution in [-0.4, -0.2) is 16.1 Å². The number of aromatic nitrogens is 2. The standard InChI is InChI=1S/C13H12BrN3OS2/c14-9-5-10(20-7-9)6-15-2-3-17-8-16-11-1-4-19-12(11)13(17)18/h1,4-5,7-8,15H,2-3,6H2. The number of hydrogen-bond donors (Lipinski definition) is 1. The van der Waals surface area contributed by atoms with Gasteiger partial charge in [-0.2, -0.15) is 0 Å². The van der Waals surface area contributed by atoms with Gasteiger partial charge >= 0.3 is 0 Å². The fourth-order valence-electron chi connectivity index (χ4n) is 1.90. The third kappa shape index (κ3) is 3.01. The number of nitrogens with zero attached hydrogens (tertiary/aromatic N) is 2. The molecule has 0 aliphatic carbocycles. The smallest absolute Gasteiger partial charge is 0.271 e. The zero-order valence-corrected chi connectivity index (χ0v) is 13.7. The lowest BCUT2D eigenvalue weighted by Crippen LogP contribution is -2.26. The van der Waals surface area contributed by atoms with Crippen molar-refractivity contribution in [1.82, 2.24) is 14.9 Å². The molecule has 0 bridgehead atoms. The Morgan fingerprint density at radius 2 is 2.30 bits per heavy atom. The molecular weight excluding hydrogens is 358 g/mol. The van der Waals surface area contributed by atoms with Crippen molar-refractivity contribution < 1.29 is 0 Å². The van der Waals surface area contributed by atoms with Crippen molar-refractivity contribution in [3.05, 3.63) is 48.9 Å². The van der Waals surface area contributed by atoms with Crippen molar-refractivity contribution in [3.8, 4) is 0 Å². The van der Waals surface area contributed by atoms with Gasteiger partial charge in [0.05, 0.1) is 11.8 Å². The highest BCUT2D eigenvalue weighted by molar-refractivity contribution is 9.10. The molecule has 3 rings (SSSR count). The van der Waals surface area contributed by atoms with Crippen molar-refractivity contribution in [3.63, 3.8) is 0 Å². The molecule has 4 nitrogen and oxygen atoms in total. The van der Waals surface area contributed by atoms with Gasteiger partial charge in [-0.05, 0) is 33.4 Å². The first kappa shape index (κ1) is 13.9. The summed E-state index contributed by atoms with van der Waals surface area (Å²) >= 11 is 6.60. The van der Waals surface area contributed by atoms with Crippen LogP contribution in [0.4, 0.5) is 0 Å².